The molecule has 4 heteroatoms. The molecule has 118 valence electrons. The van der Waals surface area contributed by atoms with Crippen LogP contribution in [0.25, 0.3) is 0 Å². The third-order valence-corrected chi connectivity index (χ3v) is 5.10. The van der Waals surface area contributed by atoms with E-state index in [0.717, 1.165) is 25.7 Å². The maximum atomic E-state index is 6.27. The van der Waals surface area contributed by atoms with Crippen molar-refractivity contribution in [2.75, 3.05) is 46.8 Å². The van der Waals surface area contributed by atoms with Crippen LogP contribution in [-0.2, 0) is 0 Å². The second-order valence-electron chi connectivity index (χ2n) is 7.18. The van der Waals surface area contributed by atoms with Gasteiger partial charge in [0.15, 0.2) is 0 Å². The first kappa shape index (κ1) is 16.2. The zero-order valence-corrected chi connectivity index (χ0v) is 13.9. The lowest BCUT2D eigenvalue weighted by Gasteiger charge is -2.41. The molecule has 2 unspecified atom stereocenters. The Labute approximate surface area is 125 Å². The first-order chi connectivity index (χ1) is 9.52. The van der Waals surface area contributed by atoms with Gasteiger partial charge in [0.25, 0.3) is 0 Å². The van der Waals surface area contributed by atoms with Crippen molar-refractivity contribution in [1.29, 1.82) is 0 Å². The topological polar surface area (TPSA) is 35.7 Å². The molecule has 0 bridgehead atoms. The summed E-state index contributed by atoms with van der Waals surface area (Å²) in [7, 11) is 4.32. The van der Waals surface area contributed by atoms with Gasteiger partial charge in [-0.25, -0.2) is 0 Å². The van der Waals surface area contributed by atoms with Crippen LogP contribution in [0.5, 0.6) is 0 Å². The Bertz CT molecular complexity index is 303. The van der Waals surface area contributed by atoms with Crippen molar-refractivity contribution in [1.82, 2.24) is 14.7 Å². The highest BCUT2D eigenvalue weighted by atomic mass is 15.3. The number of likely N-dealkylation sites (N-methyl/N-ethyl adjacent to an activating group) is 1. The molecule has 0 spiro atoms. The van der Waals surface area contributed by atoms with Crippen molar-refractivity contribution < 1.29 is 0 Å². The monoisotopic (exact) mass is 282 g/mol. The Kier molecular flexibility index (Phi) is 5.46. The van der Waals surface area contributed by atoms with E-state index in [1.807, 2.05) is 0 Å². The van der Waals surface area contributed by atoms with Gasteiger partial charge >= 0.3 is 0 Å². The molecule has 2 fully saturated rings. The smallest absolute Gasteiger partial charge is 0.0473 e. The van der Waals surface area contributed by atoms with Crippen LogP contribution in [0.1, 0.15) is 39.5 Å². The molecule has 0 aromatic carbocycles. The van der Waals surface area contributed by atoms with Gasteiger partial charge in [0.2, 0.25) is 0 Å². The van der Waals surface area contributed by atoms with E-state index in [0.29, 0.717) is 6.04 Å². The molecule has 0 aromatic heterocycles. The van der Waals surface area contributed by atoms with E-state index in [1.165, 1.54) is 38.8 Å². The number of hydrogen-bond acceptors (Lipinski definition) is 4. The minimum Gasteiger partial charge on any atom is -0.329 e. The first-order valence-electron chi connectivity index (χ1n) is 8.38. The van der Waals surface area contributed by atoms with Gasteiger partial charge in [-0.1, -0.05) is 6.92 Å². The molecule has 0 radical (unpaired) electrons. The molecule has 0 amide bonds. The lowest BCUT2D eigenvalue weighted by molar-refractivity contribution is 0.0891. The highest BCUT2D eigenvalue weighted by molar-refractivity contribution is 5.06. The van der Waals surface area contributed by atoms with Gasteiger partial charge in [-0.2, -0.15) is 0 Å². The largest absolute Gasteiger partial charge is 0.329 e. The predicted molar refractivity (Wildman–Crippen MR) is 86.0 cm³/mol. The molecule has 2 atom stereocenters. The van der Waals surface area contributed by atoms with Gasteiger partial charge in [-0.05, 0) is 53.2 Å². The molecule has 2 rings (SSSR count). The summed E-state index contributed by atoms with van der Waals surface area (Å²) in [5.41, 5.74) is 6.49. The van der Waals surface area contributed by atoms with Gasteiger partial charge in [-0.3, -0.25) is 9.80 Å². The zero-order chi connectivity index (χ0) is 14.8. The molecular formula is C16H34N4. The van der Waals surface area contributed by atoms with Crippen LogP contribution in [0.2, 0.25) is 0 Å². The average Bonchev–Trinajstić information content (AvgIpc) is 3.19. The summed E-state index contributed by atoms with van der Waals surface area (Å²) in [6.45, 7) is 10.1. The summed E-state index contributed by atoms with van der Waals surface area (Å²) < 4.78 is 0. The molecule has 1 aliphatic carbocycles. The third kappa shape index (κ3) is 3.53. The standard InChI is InChI=1S/C16H34N4/c1-5-8-19(10-9-18(3)4)16(12-17)11-14(2)20(13-16)15-6-7-15/h14-15H,5-13,17H2,1-4H3. The Morgan fingerprint density at radius 1 is 1.20 bits per heavy atom. The lowest BCUT2D eigenvalue weighted by atomic mass is 9.93. The van der Waals surface area contributed by atoms with Gasteiger partial charge in [0.1, 0.15) is 0 Å². The van der Waals surface area contributed by atoms with Crippen LogP contribution in [-0.4, -0.2) is 79.1 Å². The van der Waals surface area contributed by atoms with Crippen LogP contribution in [0.3, 0.4) is 0 Å². The fourth-order valence-corrected chi connectivity index (χ4v) is 3.81. The minimum atomic E-state index is 0.216. The number of nitrogens with zero attached hydrogens (tertiary/aromatic N) is 3. The van der Waals surface area contributed by atoms with Crippen LogP contribution in [0, 0.1) is 0 Å². The summed E-state index contributed by atoms with van der Waals surface area (Å²) in [4.78, 5) is 7.70. The summed E-state index contributed by atoms with van der Waals surface area (Å²) in [6, 6.07) is 1.56. The summed E-state index contributed by atoms with van der Waals surface area (Å²) in [5.74, 6) is 0. The van der Waals surface area contributed by atoms with Crippen molar-refractivity contribution in [3.05, 3.63) is 0 Å². The van der Waals surface area contributed by atoms with E-state index in [9.17, 15) is 0 Å². The second kappa shape index (κ2) is 6.73. The number of likely N-dealkylation sites (tertiary alicyclic amines) is 1. The molecule has 1 heterocycles. The maximum Gasteiger partial charge on any atom is 0.0473 e. The highest BCUT2D eigenvalue weighted by Crippen LogP contribution is 2.39. The third-order valence-electron chi connectivity index (χ3n) is 5.10. The van der Waals surface area contributed by atoms with E-state index < -0.39 is 0 Å². The molecule has 2 N–H and O–H groups in total. The van der Waals surface area contributed by atoms with Crippen molar-refractivity contribution >= 4 is 0 Å². The fraction of sp³-hybridized carbons (Fsp3) is 1.00. The molecule has 0 aromatic rings. The summed E-state index contributed by atoms with van der Waals surface area (Å²) >= 11 is 0. The van der Waals surface area contributed by atoms with Crippen LogP contribution in [0.4, 0.5) is 0 Å². The van der Waals surface area contributed by atoms with E-state index >= 15 is 0 Å². The van der Waals surface area contributed by atoms with E-state index in [-0.39, 0.29) is 5.54 Å². The molecule has 4 nitrogen and oxygen atoms in total. The Balaban J connectivity index is 2.05. The second-order valence-corrected chi connectivity index (χ2v) is 7.18. The van der Waals surface area contributed by atoms with E-state index in [4.69, 9.17) is 5.73 Å². The first-order valence-corrected chi connectivity index (χ1v) is 8.38. The van der Waals surface area contributed by atoms with E-state index in [1.54, 1.807) is 0 Å². The summed E-state index contributed by atoms with van der Waals surface area (Å²) in [6.07, 6.45) is 5.26. The SMILES string of the molecule is CCCN(CCN(C)C)C1(CN)CC(C)N(C2CC2)C1. The van der Waals surface area contributed by atoms with Gasteiger partial charge < -0.3 is 10.6 Å². The highest BCUT2D eigenvalue weighted by Gasteiger charge is 2.48. The predicted octanol–water partition coefficient (Wildman–Crippen LogP) is 1.21. The zero-order valence-electron chi connectivity index (χ0n) is 13.9. The minimum absolute atomic E-state index is 0.216. The fourth-order valence-electron chi connectivity index (χ4n) is 3.81. The quantitative estimate of drug-likeness (QED) is 0.726. The lowest BCUT2D eigenvalue weighted by Crippen LogP contribution is -2.57. The molecular weight excluding hydrogens is 248 g/mol. The molecule has 1 saturated heterocycles. The normalized spacial score (nSPS) is 31.6. The Morgan fingerprint density at radius 2 is 1.90 bits per heavy atom. The van der Waals surface area contributed by atoms with Gasteiger partial charge in [0, 0.05) is 43.8 Å². The van der Waals surface area contributed by atoms with Gasteiger partial charge in [0.05, 0.1) is 0 Å². The maximum absolute atomic E-state index is 6.27. The van der Waals surface area contributed by atoms with Crippen molar-refractivity contribution in [3.8, 4) is 0 Å². The summed E-state index contributed by atoms with van der Waals surface area (Å²) in [5, 5.41) is 0. The van der Waals surface area contributed by atoms with Crippen LogP contribution < -0.4 is 5.73 Å². The number of nitrogens with two attached hydrogens (primary N) is 1. The Morgan fingerprint density at radius 3 is 2.40 bits per heavy atom. The molecule has 20 heavy (non-hydrogen) atoms. The average molecular weight is 282 g/mol. The van der Waals surface area contributed by atoms with Crippen LogP contribution >= 0.6 is 0 Å². The van der Waals surface area contributed by atoms with E-state index in [2.05, 4.69) is 42.6 Å². The van der Waals surface area contributed by atoms with Crippen molar-refractivity contribution in [2.24, 2.45) is 5.73 Å². The Hall–Kier alpha value is -0.160. The van der Waals surface area contributed by atoms with Gasteiger partial charge in [-0.15, -0.1) is 0 Å². The molecule has 1 saturated carbocycles. The number of hydrogen-bond donors (Lipinski definition) is 1. The molecule has 1 aliphatic heterocycles. The molecule has 2 aliphatic rings. The van der Waals surface area contributed by atoms with Crippen molar-refractivity contribution in [3.63, 3.8) is 0 Å². The number of rotatable bonds is 8. The van der Waals surface area contributed by atoms with Crippen molar-refractivity contribution in [2.45, 2.75) is 57.2 Å². The van der Waals surface area contributed by atoms with Crippen LogP contribution in [0.15, 0.2) is 0 Å².